The number of hydrogen-bond acceptors (Lipinski definition) is 6. The third kappa shape index (κ3) is 8.47. The third-order valence-corrected chi connectivity index (χ3v) is 7.86. The van der Waals surface area contributed by atoms with Gasteiger partial charge < -0.3 is 24.3 Å². The Bertz CT molecular complexity index is 1050. The Morgan fingerprint density at radius 1 is 1.19 bits per heavy atom. The Hall–Kier alpha value is -2.66. The maximum Gasteiger partial charge on any atom is 0.410 e. The number of urea groups is 1. The van der Waals surface area contributed by atoms with Crippen molar-refractivity contribution in [3.05, 3.63) is 18.5 Å². The fraction of sp³-hybridized carbons (Fsp3) is 0.680. The van der Waals surface area contributed by atoms with Crippen LogP contribution in [-0.4, -0.2) is 71.0 Å². The van der Waals surface area contributed by atoms with Crippen molar-refractivity contribution in [1.82, 2.24) is 24.8 Å². The van der Waals surface area contributed by atoms with Gasteiger partial charge in [-0.3, -0.25) is 5.32 Å². The van der Waals surface area contributed by atoms with Gasteiger partial charge in [0.2, 0.25) is 0 Å². The second-order valence-corrected chi connectivity index (χ2v) is 17.4. The predicted octanol–water partition coefficient (Wildman–Crippen LogP) is 4.90. The molecule has 3 rings (SSSR count). The van der Waals surface area contributed by atoms with Crippen LogP contribution in [0.2, 0.25) is 25.7 Å². The van der Waals surface area contributed by atoms with Gasteiger partial charge in [0, 0.05) is 40.0 Å². The molecule has 2 aromatic rings. The predicted molar refractivity (Wildman–Crippen MR) is 144 cm³/mol. The fourth-order valence-electron chi connectivity index (χ4n) is 3.96. The van der Waals surface area contributed by atoms with Crippen molar-refractivity contribution in [2.45, 2.75) is 84.6 Å². The van der Waals surface area contributed by atoms with Gasteiger partial charge in [0.1, 0.15) is 17.8 Å². The van der Waals surface area contributed by atoms with E-state index in [0.717, 1.165) is 19.1 Å². The van der Waals surface area contributed by atoms with Gasteiger partial charge in [-0.1, -0.05) is 26.6 Å². The summed E-state index contributed by atoms with van der Waals surface area (Å²) < 4.78 is 13.2. The highest BCUT2D eigenvalue weighted by Gasteiger charge is 2.29. The number of likely N-dealkylation sites (tertiary alicyclic amines) is 1. The number of aromatic nitrogens is 3. The second-order valence-electron chi connectivity index (χ2n) is 11.8. The number of anilines is 1. The van der Waals surface area contributed by atoms with Gasteiger partial charge in [-0.05, 0) is 51.6 Å². The lowest BCUT2D eigenvalue weighted by molar-refractivity contribution is 0.0255. The number of amides is 3. The van der Waals surface area contributed by atoms with Crippen molar-refractivity contribution in [2.24, 2.45) is 5.92 Å². The minimum absolute atomic E-state index is 0.0662. The molecule has 1 aliphatic heterocycles. The maximum atomic E-state index is 12.7. The smallest absolute Gasteiger partial charge is 0.410 e. The molecule has 1 fully saturated rings. The number of carbonyl (C=O) groups excluding carboxylic acids is 2. The first kappa shape index (κ1) is 27.9. The van der Waals surface area contributed by atoms with Crippen LogP contribution >= 0.6 is 0 Å². The van der Waals surface area contributed by atoms with Crippen LogP contribution in [0, 0.1) is 5.92 Å². The molecule has 10 nitrogen and oxygen atoms in total. The first-order valence-corrected chi connectivity index (χ1v) is 16.5. The summed E-state index contributed by atoms with van der Waals surface area (Å²) in [6.07, 6.45) is 4.58. The molecule has 0 aliphatic carbocycles. The van der Waals surface area contributed by atoms with Crippen molar-refractivity contribution in [3.8, 4) is 0 Å². The Morgan fingerprint density at radius 2 is 1.92 bits per heavy atom. The highest BCUT2D eigenvalue weighted by Crippen LogP contribution is 2.20. The van der Waals surface area contributed by atoms with Gasteiger partial charge in [0.15, 0.2) is 11.5 Å². The van der Waals surface area contributed by atoms with Crippen LogP contribution in [0.15, 0.2) is 18.5 Å². The molecule has 2 N–H and O–H groups in total. The summed E-state index contributed by atoms with van der Waals surface area (Å²) in [5.41, 5.74) is 0.877. The normalized spacial score (nSPS) is 19.1. The maximum absolute atomic E-state index is 12.7. The highest BCUT2D eigenvalue weighted by molar-refractivity contribution is 6.76. The van der Waals surface area contributed by atoms with Crippen molar-refractivity contribution in [2.75, 3.05) is 25.0 Å². The lowest BCUT2D eigenvalue weighted by Gasteiger charge is -2.26. The van der Waals surface area contributed by atoms with Crippen LogP contribution in [0.3, 0.4) is 0 Å². The van der Waals surface area contributed by atoms with Crippen LogP contribution in [-0.2, 0) is 16.2 Å². The van der Waals surface area contributed by atoms with Crippen LogP contribution in [0.5, 0.6) is 0 Å². The highest BCUT2D eigenvalue weighted by atomic mass is 28.3. The van der Waals surface area contributed by atoms with E-state index in [4.69, 9.17) is 9.47 Å². The van der Waals surface area contributed by atoms with Crippen molar-refractivity contribution >= 4 is 37.2 Å². The quantitative estimate of drug-likeness (QED) is 0.398. The zero-order chi connectivity index (χ0) is 26.5. The number of nitrogens with one attached hydrogen (secondary N) is 2. The lowest BCUT2D eigenvalue weighted by Crippen LogP contribution is -2.42. The Morgan fingerprint density at radius 3 is 2.61 bits per heavy atom. The van der Waals surface area contributed by atoms with E-state index in [-0.39, 0.29) is 24.1 Å². The SMILES string of the molecule is CC1CCN(C(=O)OC(C)(C)C)CCC1NC(=O)Nc1cnc2c(ccn2COCC[Si](C)(C)C)n1. The Kier molecular flexibility index (Phi) is 8.99. The average Bonchev–Trinajstić information content (AvgIpc) is 3.06. The topological polar surface area (TPSA) is 111 Å². The first-order valence-electron chi connectivity index (χ1n) is 12.8. The van der Waals surface area contributed by atoms with Crippen LogP contribution < -0.4 is 10.6 Å². The van der Waals surface area contributed by atoms with Gasteiger partial charge in [-0.2, -0.15) is 0 Å². The molecule has 0 aromatic carbocycles. The molecular formula is C25H42N6O4Si. The van der Waals surface area contributed by atoms with E-state index in [2.05, 4.69) is 47.2 Å². The second kappa shape index (κ2) is 11.6. The molecule has 1 aliphatic rings. The van der Waals surface area contributed by atoms with Crippen molar-refractivity contribution in [1.29, 1.82) is 0 Å². The number of carbonyl (C=O) groups is 2. The molecule has 3 amide bonds. The zero-order valence-electron chi connectivity index (χ0n) is 22.8. The van der Waals surface area contributed by atoms with E-state index in [0.29, 0.717) is 43.2 Å². The number of nitrogens with zero attached hydrogens (tertiary/aromatic N) is 4. The number of rotatable bonds is 7. The summed E-state index contributed by atoms with van der Waals surface area (Å²) >= 11 is 0. The van der Waals surface area contributed by atoms with Gasteiger partial charge in [-0.15, -0.1) is 0 Å². The van der Waals surface area contributed by atoms with E-state index in [9.17, 15) is 9.59 Å². The summed E-state index contributed by atoms with van der Waals surface area (Å²) in [4.78, 5) is 35.9. The molecule has 0 radical (unpaired) electrons. The van der Waals surface area contributed by atoms with Crippen molar-refractivity contribution < 1.29 is 19.1 Å². The summed E-state index contributed by atoms with van der Waals surface area (Å²) in [5.74, 6) is 0.598. The number of hydrogen-bond donors (Lipinski definition) is 2. The summed E-state index contributed by atoms with van der Waals surface area (Å²) in [5, 5.41) is 5.85. The third-order valence-electron chi connectivity index (χ3n) is 6.15. The van der Waals surface area contributed by atoms with Gasteiger partial charge in [0.25, 0.3) is 0 Å². The van der Waals surface area contributed by atoms with Crippen molar-refractivity contribution in [3.63, 3.8) is 0 Å². The molecule has 0 spiro atoms. The fourth-order valence-corrected chi connectivity index (χ4v) is 4.72. The van der Waals surface area contributed by atoms with Crippen LogP contribution in [0.4, 0.5) is 15.4 Å². The largest absolute Gasteiger partial charge is 0.444 e. The molecule has 2 aromatic heterocycles. The molecule has 2 atom stereocenters. The molecule has 3 heterocycles. The molecule has 200 valence electrons. The average molecular weight is 519 g/mol. The van der Waals surface area contributed by atoms with Gasteiger partial charge in [0.05, 0.1) is 6.20 Å². The monoisotopic (exact) mass is 518 g/mol. The van der Waals surface area contributed by atoms with Gasteiger partial charge >= 0.3 is 12.1 Å². The zero-order valence-corrected chi connectivity index (χ0v) is 23.8. The Balaban J connectivity index is 1.52. The van der Waals surface area contributed by atoms with Crippen LogP contribution in [0.1, 0.15) is 40.5 Å². The minimum atomic E-state index is -1.13. The molecule has 0 bridgehead atoms. The molecule has 11 heteroatoms. The minimum Gasteiger partial charge on any atom is -0.444 e. The summed E-state index contributed by atoms with van der Waals surface area (Å²) in [6.45, 7) is 16.9. The van der Waals surface area contributed by atoms with E-state index in [1.54, 1.807) is 11.1 Å². The van der Waals surface area contributed by atoms with Gasteiger partial charge in [-0.25, -0.2) is 19.6 Å². The number of fused-ring (bicyclic) bond motifs is 1. The number of ether oxygens (including phenoxy) is 2. The molecular weight excluding hydrogens is 476 g/mol. The van der Waals surface area contributed by atoms with E-state index in [1.165, 1.54) is 0 Å². The Labute approximate surface area is 215 Å². The molecule has 36 heavy (non-hydrogen) atoms. The molecule has 0 saturated carbocycles. The summed E-state index contributed by atoms with van der Waals surface area (Å²) in [6, 6.07) is 2.58. The van der Waals surface area contributed by atoms with E-state index >= 15 is 0 Å². The van der Waals surface area contributed by atoms with E-state index in [1.807, 2.05) is 37.6 Å². The standard InChI is InChI=1S/C25H42N6O4Si/c1-18-8-11-30(24(33)35-25(2,3)4)12-9-19(18)28-23(32)29-21-16-26-22-20(27-21)10-13-31(22)17-34-14-15-36(5,6)7/h10,13,16,18-19H,8-9,11-12,14-15,17H2,1-7H3,(H2,27,28,29,32). The first-order chi connectivity index (χ1) is 16.8. The summed E-state index contributed by atoms with van der Waals surface area (Å²) in [7, 11) is -1.13. The molecule has 1 saturated heterocycles. The lowest BCUT2D eigenvalue weighted by atomic mass is 9.97. The van der Waals surface area contributed by atoms with E-state index < -0.39 is 13.7 Å². The van der Waals surface area contributed by atoms with Crippen LogP contribution in [0.25, 0.3) is 11.2 Å². The molecule has 2 unspecified atom stereocenters.